The number of nitrogens with one attached hydrogen (secondary N) is 2. The quantitative estimate of drug-likeness (QED) is 0.533. The summed E-state index contributed by atoms with van der Waals surface area (Å²) in [5, 5.41) is 7.60. The SMILES string of the molecule is Cc1conc1NC(=O)CCc1c(-c2ccc(F)cc2)[nH]c2ccccc12. The third-order valence-corrected chi connectivity index (χ3v) is 4.55. The summed E-state index contributed by atoms with van der Waals surface area (Å²) < 4.78 is 18.1. The highest BCUT2D eigenvalue weighted by molar-refractivity contribution is 5.93. The van der Waals surface area contributed by atoms with E-state index in [0.29, 0.717) is 18.7 Å². The summed E-state index contributed by atoms with van der Waals surface area (Å²) in [6.07, 6.45) is 2.32. The molecule has 2 N–H and O–H groups in total. The molecule has 0 atom stereocenters. The molecule has 2 aromatic carbocycles. The fourth-order valence-corrected chi connectivity index (χ4v) is 3.16. The highest BCUT2D eigenvalue weighted by Gasteiger charge is 2.15. The Morgan fingerprint density at radius 3 is 2.70 bits per heavy atom. The predicted octanol–water partition coefficient (Wildman–Crippen LogP) is 4.84. The topological polar surface area (TPSA) is 70.9 Å². The number of aryl methyl sites for hydroxylation is 2. The van der Waals surface area contributed by atoms with Crippen molar-refractivity contribution in [2.75, 3.05) is 5.32 Å². The van der Waals surface area contributed by atoms with E-state index in [4.69, 9.17) is 4.52 Å². The monoisotopic (exact) mass is 363 g/mol. The number of H-pyrrole nitrogens is 1. The lowest BCUT2D eigenvalue weighted by molar-refractivity contribution is -0.116. The number of carbonyl (C=O) groups is 1. The van der Waals surface area contributed by atoms with Crippen LogP contribution in [-0.2, 0) is 11.2 Å². The van der Waals surface area contributed by atoms with Crippen molar-refractivity contribution in [3.8, 4) is 11.3 Å². The van der Waals surface area contributed by atoms with E-state index < -0.39 is 0 Å². The largest absolute Gasteiger partial charge is 0.362 e. The third-order valence-electron chi connectivity index (χ3n) is 4.55. The Bertz CT molecular complexity index is 1100. The number of anilines is 1. The Hall–Kier alpha value is -3.41. The molecule has 0 fully saturated rings. The van der Waals surface area contributed by atoms with Gasteiger partial charge in [-0.3, -0.25) is 4.79 Å². The molecule has 0 spiro atoms. The van der Waals surface area contributed by atoms with Gasteiger partial charge in [0, 0.05) is 28.6 Å². The summed E-state index contributed by atoms with van der Waals surface area (Å²) in [4.78, 5) is 15.7. The molecule has 1 amide bonds. The minimum absolute atomic E-state index is 0.137. The molecule has 4 aromatic rings. The molecule has 0 aliphatic rings. The Balaban J connectivity index is 1.62. The van der Waals surface area contributed by atoms with Crippen molar-refractivity contribution < 1.29 is 13.7 Å². The van der Waals surface area contributed by atoms with Gasteiger partial charge in [-0.2, -0.15) is 0 Å². The summed E-state index contributed by atoms with van der Waals surface area (Å²) >= 11 is 0. The summed E-state index contributed by atoms with van der Waals surface area (Å²) in [5.41, 5.74) is 4.59. The molecule has 136 valence electrons. The van der Waals surface area contributed by atoms with Crippen molar-refractivity contribution in [3.05, 3.63) is 71.7 Å². The first-order valence-corrected chi connectivity index (χ1v) is 8.68. The molecular weight excluding hydrogens is 345 g/mol. The summed E-state index contributed by atoms with van der Waals surface area (Å²) in [7, 11) is 0. The first-order valence-electron chi connectivity index (χ1n) is 8.68. The third kappa shape index (κ3) is 3.46. The van der Waals surface area contributed by atoms with Crippen LogP contribution in [-0.4, -0.2) is 16.0 Å². The molecule has 0 aliphatic carbocycles. The summed E-state index contributed by atoms with van der Waals surface area (Å²) in [6.45, 7) is 1.82. The van der Waals surface area contributed by atoms with E-state index in [1.807, 2.05) is 31.2 Å². The van der Waals surface area contributed by atoms with Crippen LogP contribution in [0, 0.1) is 12.7 Å². The molecule has 0 saturated carbocycles. The number of nitrogens with zero attached hydrogens (tertiary/aromatic N) is 1. The van der Waals surface area contributed by atoms with Crippen molar-refractivity contribution >= 4 is 22.6 Å². The molecule has 5 nitrogen and oxygen atoms in total. The van der Waals surface area contributed by atoms with Gasteiger partial charge in [0.25, 0.3) is 0 Å². The van der Waals surface area contributed by atoms with E-state index in [-0.39, 0.29) is 11.7 Å². The minimum Gasteiger partial charge on any atom is -0.362 e. The van der Waals surface area contributed by atoms with E-state index in [1.165, 1.54) is 18.4 Å². The number of carbonyl (C=O) groups excluding carboxylic acids is 1. The summed E-state index contributed by atoms with van der Waals surface area (Å²) in [6, 6.07) is 14.3. The van der Waals surface area contributed by atoms with Gasteiger partial charge >= 0.3 is 0 Å². The minimum atomic E-state index is -0.279. The average Bonchev–Trinajstić information content (AvgIpc) is 3.24. The smallest absolute Gasteiger partial charge is 0.225 e. The molecule has 6 heteroatoms. The number of fused-ring (bicyclic) bond motifs is 1. The lowest BCUT2D eigenvalue weighted by Gasteiger charge is -2.06. The van der Waals surface area contributed by atoms with Crippen LogP contribution in [0.1, 0.15) is 17.5 Å². The van der Waals surface area contributed by atoms with Crippen LogP contribution in [0.15, 0.2) is 59.3 Å². The number of aromatic nitrogens is 2. The van der Waals surface area contributed by atoms with Gasteiger partial charge in [-0.05, 0) is 54.8 Å². The van der Waals surface area contributed by atoms with Crippen LogP contribution in [0.2, 0.25) is 0 Å². The number of hydrogen-bond acceptors (Lipinski definition) is 3. The molecule has 4 rings (SSSR count). The van der Waals surface area contributed by atoms with Gasteiger partial charge in [-0.25, -0.2) is 4.39 Å². The molecule has 2 heterocycles. The lowest BCUT2D eigenvalue weighted by atomic mass is 10.0. The number of amides is 1. The standard InChI is InChI=1S/C21H18FN3O2/c1-13-12-27-25-21(13)24-19(26)11-10-17-16-4-2-3-5-18(16)23-20(17)14-6-8-15(22)9-7-14/h2-9,12,23H,10-11H2,1H3,(H,24,25,26). The Morgan fingerprint density at radius 2 is 1.96 bits per heavy atom. The van der Waals surface area contributed by atoms with Gasteiger partial charge < -0.3 is 14.8 Å². The van der Waals surface area contributed by atoms with Gasteiger partial charge in [0.2, 0.25) is 5.91 Å². The maximum atomic E-state index is 13.3. The molecule has 0 saturated heterocycles. The van der Waals surface area contributed by atoms with Crippen molar-refractivity contribution in [2.45, 2.75) is 19.8 Å². The zero-order chi connectivity index (χ0) is 18.8. The van der Waals surface area contributed by atoms with Gasteiger partial charge in [-0.1, -0.05) is 23.4 Å². The molecule has 2 aromatic heterocycles. The molecule has 27 heavy (non-hydrogen) atoms. The van der Waals surface area contributed by atoms with E-state index in [0.717, 1.165) is 33.3 Å². The van der Waals surface area contributed by atoms with Crippen LogP contribution in [0.5, 0.6) is 0 Å². The Labute approximate surface area is 155 Å². The summed E-state index contributed by atoms with van der Waals surface area (Å²) in [5.74, 6) is 0.0267. The highest BCUT2D eigenvalue weighted by atomic mass is 19.1. The fraction of sp³-hybridized carbons (Fsp3) is 0.143. The lowest BCUT2D eigenvalue weighted by Crippen LogP contribution is -2.13. The molecule has 0 bridgehead atoms. The number of hydrogen-bond donors (Lipinski definition) is 2. The van der Waals surface area contributed by atoms with E-state index in [1.54, 1.807) is 12.1 Å². The van der Waals surface area contributed by atoms with E-state index in [9.17, 15) is 9.18 Å². The maximum Gasteiger partial charge on any atom is 0.225 e. The second-order valence-corrected chi connectivity index (χ2v) is 6.43. The van der Waals surface area contributed by atoms with Crippen molar-refractivity contribution in [1.82, 2.24) is 10.1 Å². The predicted molar refractivity (Wildman–Crippen MR) is 102 cm³/mol. The van der Waals surface area contributed by atoms with Crippen LogP contribution in [0.25, 0.3) is 22.2 Å². The number of para-hydroxylation sites is 1. The van der Waals surface area contributed by atoms with Crippen molar-refractivity contribution in [2.24, 2.45) is 0 Å². The van der Waals surface area contributed by atoms with E-state index in [2.05, 4.69) is 15.5 Å². The van der Waals surface area contributed by atoms with Crippen LogP contribution < -0.4 is 5.32 Å². The number of halogens is 1. The molecule has 0 unspecified atom stereocenters. The van der Waals surface area contributed by atoms with Gasteiger partial charge in [0.05, 0.1) is 0 Å². The average molecular weight is 363 g/mol. The Kier molecular flexibility index (Phi) is 4.46. The maximum absolute atomic E-state index is 13.3. The fourth-order valence-electron chi connectivity index (χ4n) is 3.16. The molecule has 0 radical (unpaired) electrons. The van der Waals surface area contributed by atoms with Crippen molar-refractivity contribution in [1.29, 1.82) is 0 Å². The zero-order valence-electron chi connectivity index (χ0n) is 14.8. The van der Waals surface area contributed by atoms with Gasteiger partial charge in [0.1, 0.15) is 12.1 Å². The second kappa shape index (κ2) is 7.07. The first kappa shape index (κ1) is 17.0. The van der Waals surface area contributed by atoms with Crippen LogP contribution >= 0.6 is 0 Å². The van der Waals surface area contributed by atoms with Gasteiger partial charge in [-0.15, -0.1) is 0 Å². The van der Waals surface area contributed by atoms with Crippen LogP contribution in [0.4, 0.5) is 10.2 Å². The number of aromatic amines is 1. The zero-order valence-corrected chi connectivity index (χ0v) is 14.8. The first-order chi connectivity index (χ1) is 13.1. The molecular formula is C21H18FN3O2. The number of benzene rings is 2. The number of rotatable bonds is 5. The second-order valence-electron chi connectivity index (χ2n) is 6.43. The molecule has 0 aliphatic heterocycles. The van der Waals surface area contributed by atoms with Crippen LogP contribution in [0.3, 0.4) is 0 Å². The normalized spacial score (nSPS) is 11.0. The van der Waals surface area contributed by atoms with Gasteiger partial charge in [0.15, 0.2) is 5.82 Å². The highest BCUT2D eigenvalue weighted by Crippen LogP contribution is 2.31. The van der Waals surface area contributed by atoms with E-state index >= 15 is 0 Å². The van der Waals surface area contributed by atoms with Crippen molar-refractivity contribution in [3.63, 3.8) is 0 Å². The Morgan fingerprint density at radius 1 is 1.19 bits per heavy atom.